The van der Waals surface area contributed by atoms with E-state index in [0.717, 1.165) is 28.3 Å². The predicted molar refractivity (Wildman–Crippen MR) is 115 cm³/mol. The molecular formula is C23H23N5O2. The minimum Gasteiger partial charge on any atom is -0.390 e. The van der Waals surface area contributed by atoms with Crippen molar-refractivity contribution in [1.82, 2.24) is 19.6 Å². The highest BCUT2D eigenvalue weighted by atomic mass is 16.3. The zero-order chi connectivity index (χ0) is 20.7. The molecule has 3 aromatic heterocycles. The lowest BCUT2D eigenvalue weighted by molar-refractivity contribution is 0.0210. The van der Waals surface area contributed by atoms with Gasteiger partial charge in [0.1, 0.15) is 11.9 Å². The van der Waals surface area contributed by atoms with Crippen molar-refractivity contribution in [1.29, 1.82) is 0 Å². The molecule has 4 aromatic rings. The predicted octanol–water partition coefficient (Wildman–Crippen LogP) is 3.00. The summed E-state index contributed by atoms with van der Waals surface area (Å²) in [4.78, 5) is 8.85. The van der Waals surface area contributed by atoms with E-state index in [1.54, 1.807) is 16.9 Å². The summed E-state index contributed by atoms with van der Waals surface area (Å²) >= 11 is 0. The van der Waals surface area contributed by atoms with Crippen LogP contribution in [0.1, 0.15) is 13.3 Å². The summed E-state index contributed by atoms with van der Waals surface area (Å²) in [7, 11) is 0. The molecule has 0 bridgehead atoms. The molecule has 0 amide bonds. The van der Waals surface area contributed by atoms with Gasteiger partial charge in [0.25, 0.3) is 0 Å². The number of hydrogen-bond donors (Lipinski definition) is 3. The largest absolute Gasteiger partial charge is 0.390 e. The first-order valence-corrected chi connectivity index (χ1v) is 10.1. The molecule has 7 nitrogen and oxygen atoms in total. The highest BCUT2D eigenvalue weighted by molar-refractivity contribution is 5.71. The molecule has 1 saturated carbocycles. The number of anilines is 1. The first kappa shape index (κ1) is 18.7. The molecule has 0 spiro atoms. The Labute approximate surface area is 174 Å². The molecule has 1 aliphatic rings. The summed E-state index contributed by atoms with van der Waals surface area (Å²) in [5.74, 6) is 0.773. The van der Waals surface area contributed by atoms with Crippen LogP contribution in [0.25, 0.3) is 28.2 Å². The Bertz CT molecular complexity index is 1180. The quantitative estimate of drug-likeness (QED) is 0.487. The number of rotatable bonds is 4. The maximum atomic E-state index is 10.3. The average Bonchev–Trinajstić information content (AvgIpc) is 3.32. The van der Waals surface area contributed by atoms with Gasteiger partial charge in [-0.25, -0.2) is 4.98 Å². The van der Waals surface area contributed by atoms with Gasteiger partial charge in [-0.1, -0.05) is 31.2 Å². The summed E-state index contributed by atoms with van der Waals surface area (Å²) in [6, 6.07) is 17.5. The number of pyridine rings is 1. The van der Waals surface area contributed by atoms with Gasteiger partial charge in [-0.2, -0.15) is 9.61 Å². The summed E-state index contributed by atoms with van der Waals surface area (Å²) in [5.41, 5.74) is 4.41. The van der Waals surface area contributed by atoms with E-state index >= 15 is 0 Å². The fourth-order valence-electron chi connectivity index (χ4n) is 4.11. The van der Waals surface area contributed by atoms with Gasteiger partial charge in [0.2, 0.25) is 0 Å². The second kappa shape index (κ2) is 7.51. The van der Waals surface area contributed by atoms with Gasteiger partial charge in [0.05, 0.1) is 23.5 Å². The van der Waals surface area contributed by atoms with E-state index in [4.69, 9.17) is 5.10 Å². The highest BCUT2D eigenvalue weighted by Gasteiger charge is 2.39. The van der Waals surface area contributed by atoms with Crippen LogP contribution in [0.4, 0.5) is 5.82 Å². The molecule has 1 fully saturated rings. The van der Waals surface area contributed by atoms with Crippen LogP contribution < -0.4 is 5.32 Å². The van der Waals surface area contributed by atoms with Crippen molar-refractivity contribution in [2.24, 2.45) is 5.92 Å². The molecular weight excluding hydrogens is 378 g/mol. The minimum atomic E-state index is -0.812. The Balaban J connectivity index is 1.49. The van der Waals surface area contributed by atoms with E-state index in [0.29, 0.717) is 12.1 Å². The van der Waals surface area contributed by atoms with E-state index in [1.807, 2.05) is 55.5 Å². The fourth-order valence-corrected chi connectivity index (χ4v) is 4.11. The van der Waals surface area contributed by atoms with Crippen molar-refractivity contribution in [2.45, 2.75) is 31.6 Å². The standard InChI is InChI=1S/C23H23N5O2/c1-14-11-19(23(30)22(14)29)26-20-8-10-25-21-13-18(27-28(20)21)16-6-4-5-15(12-16)17-7-2-3-9-24-17/h2-10,12-14,19,22-23,26,29-30H,11H2,1H3/t14-,19-,22-,23+/m1/s1. The van der Waals surface area contributed by atoms with E-state index in [9.17, 15) is 10.2 Å². The Morgan fingerprint density at radius 1 is 0.900 bits per heavy atom. The van der Waals surface area contributed by atoms with Crippen LogP contribution in [-0.4, -0.2) is 48.0 Å². The van der Waals surface area contributed by atoms with E-state index in [2.05, 4.69) is 21.4 Å². The molecule has 30 heavy (non-hydrogen) atoms. The number of hydrogen-bond acceptors (Lipinski definition) is 6. The molecule has 7 heteroatoms. The molecule has 1 aliphatic carbocycles. The number of nitrogens with one attached hydrogen (secondary N) is 1. The molecule has 5 rings (SSSR count). The Morgan fingerprint density at radius 2 is 1.73 bits per heavy atom. The van der Waals surface area contributed by atoms with Gasteiger partial charge in [-0.05, 0) is 36.6 Å². The molecule has 0 saturated heterocycles. The molecule has 152 valence electrons. The van der Waals surface area contributed by atoms with Gasteiger partial charge in [-0.15, -0.1) is 0 Å². The van der Waals surface area contributed by atoms with Crippen LogP contribution in [0.2, 0.25) is 0 Å². The minimum absolute atomic E-state index is 0.0392. The summed E-state index contributed by atoms with van der Waals surface area (Å²) in [6.07, 6.45) is 2.65. The van der Waals surface area contributed by atoms with Gasteiger partial charge in [-0.3, -0.25) is 4.98 Å². The fraction of sp³-hybridized carbons (Fsp3) is 0.261. The molecule has 0 radical (unpaired) electrons. The number of aromatic nitrogens is 4. The van der Waals surface area contributed by atoms with Crippen molar-refractivity contribution in [3.8, 4) is 22.5 Å². The van der Waals surface area contributed by atoms with Crippen LogP contribution in [0.3, 0.4) is 0 Å². The monoisotopic (exact) mass is 401 g/mol. The van der Waals surface area contributed by atoms with Crippen LogP contribution >= 0.6 is 0 Å². The van der Waals surface area contributed by atoms with Crippen molar-refractivity contribution in [3.05, 3.63) is 67.0 Å². The van der Waals surface area contributed by atoms with Crippen molar-refractivity contribution in [3.63, 3.8) is 0 Å². The zero-order valence-electron chi connectivity index (χ0n) is 16.6. The Morgan fingerprint density at radius 3 is 2.47 bits per heavy atom. The molecule has 3 heterocycles. The maximum absolute atomic E-state index is 10.3. The van der Waals surface area contributed by atoms with Gasteiger partial charge < -0.3 is 15.5 Å². The maximum Gasteiger partial charge on any atom is 0.157 e. The Kier molecular flexibility index (Phi) is 4.69. The number of aliphatic hydroxyl groups is 2. The van der Waals surface area contributed by atoms with Gasteiger partial charge in [0, 0.05) is 29.6 Å². The summed E-state index contributed by atoms with van der Waals surface area (Å²) in [6.45, 7) is 1.94. The molecule has 1 aromatic carbocycles. The number of benzene rings is 1. The third kappa shape index (κ3) is 3.32. The summed E-state index contributed by atoms with van der Waals surface area (Å²) < 4.78 is 1.74. The van der Waals surface area contributed by atoms with E-state index in [-0.39, 0.29) is 12.0 Å². The van der Waals surface area contributed by atoms with Crippen molar-refractivity contribution in [2.75, 3.05) is 5.32 Å². The van der Waals surface area contributed by atoms with Crippen molar-refractivity contribution >= 4 is 11.5 Å². The smallest absolute Gasteiger partial charge is 0.157 e. The number of fused-ring (bicyclic) bond motifs is 1. The van der Waals surface area contributed by atoms with Gasteiger partial charge in [0.15, 0.2) is 5.65 Å². The summed E-state index contributed by atoms with van der Waals surface area (Å²) in [5, 5.41) is 28.5. The third-order valence-electron chi connectivity index (χ3n) is 5.78. The normalized spacial score (nSPS) is 23.7. The lowest BCUT2D eigenvalue weighted by Gasteiger charge is -2.19. The van der Waals surface area contributed by atoms with E-state index < -0.39 is 12.2 Å². The van der Waals surface area contributed by atoms with Gasteiger partial charge >= 0.3 is 0 Å². The molecule has 0 aliphatic heterocycles. The second-order valence-electron chi connectivity index (χ2n) is 7.87. The van der Waals surface area contributed by atoms with Crippen molar-refractivity contribution < 1.29 is 10.2 Å². The molecule has 0 unspecified atom stereocenters. The molecule has 3 N–H and O–H groups in total. The van der Waals surface area contributed by atoms with Crippen LogP contribution in [0.5, 0.6) is 0 Å². The molecule has 4 atom stereocenters. The number of aliphatic hydroxyl groups excluding tert-OH is 2. The SMILES string of the molecule is C[C@@H]1C[C@@H](Nc2ccnc3cc(-c4cccc(-c5ccccn5)c4)nn23)[C@H](O)[C@@H]1O. The Hall–Kier alpha value is -3.29. The average molecular weight is 401 g/mol. The van der Waals surface area contributed by atoms with Crippen LogP contribution in [-0.2, 0) is 0 Å². The van der Waals surface area contributed by atoms with Crippen LogP contribution in [0.15, 0.2) is 67.0 Å². The highest BCUT2D eigenvalue weighted by Crippen LogP contribution is 2.30. The lowest BCUT2D eigenvalue weighted by atomic mass is 10.1. The van der Waals surface area contributed by atoms with E-state index in [1.165, 1.54) is 0 Å². The second-order valence-corrected chi connectivity index (χ2v) is 7.87. The first-order valence-electron chi connectivity index (χ1n) is 10.1. The first-order chi connectivity index (χ1) is 14.6. The lowest BCUT2D eigenvalue weighted by Crippen LogP contribution is -2.35. The van der Waals surface area contributed by atoms with Crippen LogP contribution in [0, 0.1) is 5.92 Å². The number of nitrogens with zero attached hydrogens (tertiary/aromatic N) is 4. The topological polar surface area (TPSA) is 95.6 Å². The zero-order valence-corrected chi connectivity index (χ0v) is 16.6. The third-order valence-corrected chi connectivity index (χ3v) is 5.78.